The van der Waals surface area contributed by atoms with Crippen molar-refractivity contribution in [2.75, 3.05) is 7.05 Å². The van der Waals surface area contributed by atoms with Crippen LogP contribution in [0.4, 0.5) is 13.2 Å². The molecule has 7 heteroatoms. The van der Waals surface area contributed by atoms with E-state index in [1.165, 1.54) is 23.5 Å². The Hall–Kier alpha value is -0.370. The molecule has 1 aromatic heterocycles. The van der Waals surface area contributed by atoms with Crippen molar-refractivity contribution in [1.29, 1.82) is 0 Å². The molecule has 0 saturated heterocycles. The van der Waals surface area contributed by atoms with Gasteiger partial charge in [0.25, 0.3) is 0 Å². The van der Waals surface area contributed by atoms with E-state index in [0.717, 1.165) is 24.8 Å². The molecule has 0 aliphatic carbocycles. The molecule has 0 bridgehead atoms. The first-order valence-corrected chi connectivity index (χ1v) is 8.44. The van der Waals surface area contributed by atoms with Crippen molar-refractivity contribution in [3.8, 4) is 0 Å². The van der Waals surface area contributed by atoms with Crippen LogP contribution in [-0.4, -0.2) is 7.05 Å². The van der Waals surface area contributed by atoms with Gasteiger partial charge in [-0.05, 0) is 80.7 Å². The number of thiophene rings is 1. The number of hydrogen-bond donors (Lipinski definition) is 1. The summed E-state index contributed by atoms with van der Waals surface area (Å²) in [5.41, 5.74) is 1.82. The van der Waals surface area contributed by atoms with Crippen LogP contribution in [0.3, 0.4) is 0 Å². The number of halogens is 5. The van der Waals surface area contributed by atoms with Crippen LogP contribution in [0.1, 0.15) is 28.3 Å². The summed E-state index contributed by atoms with van der Waals surface area (Å²) in [6.45, 7) is 1.70. The van der Waals surface area contributed by atoms with E-state index in [4.69, 9.17) is 0 Å². The van der Waals surface area contributed by atoms with Crippen LogP contribution in [0.5, 0.6) is 0 Å². The number of rotatable bonds is 3. The number of alkyl halides is 3. The average molecular weight is 443 g/mol. The van der Waals surface area contributed by atoms with Gasteiger partial charge in [-0.25, -0.2) is 0 Å². The molecule has 0 aliphatic rings. The highest BCUT2D eigenvalue weighted by atomic mass is 79.9. The molecule has 0 radical (unpaired) electrons. The fourth-order valence-electron chi connectivity index (χ4n) is 2.20. The van der Waals surface area contributed by atoms with Crippen LogP contribution >= 0.6 is 43.2 Å². The minimum atomic E-state index is -4.32. The summed E-state index contributed by atoms with van der Waals surface area (Å²) in [5, 5.41) is 3.16. The Labute approximate surface area is 141 Å². The van der Waals surface area contributed by atoms with Gasteiger partial charge >= 0.3 is 6.18 Å². The van der Waals surface area contributed by atoms with Gasteiger partial charge in [0, 0.05) is 0 Å². The van der Waals surface area contributed by atoms with E-state index in [1.807, 2.05) is 6.07 Å². The molecule has 2 aromatic rings. The molecule has 0 saturated carbocycles. The summed E-state index contributed by atoms with van der Waals surface area (Å²) in [6, 6.07) is 5.66. The first-order chi connectivity index (χ1) is 9.74. The Morgan fingerprint density at radius 1 is 1.14 bits per heavy atom. The quantitative estimate of drug-likeness (QED) is 0.623. The zero-order chi connectivity index (χ0) is 15.8. The highest BCUT2D eigenvalue weighted by Crippen LogP contribution is 2.39. The lowest BCUT2D eigenvalue weighted by Gasteiger charge is -2.20. The molecule has 1 nitrogen and oxygen atoms in total. The van der Waals surface area contributed by atoms with E-state index in [9.17, 15) is 13.2 Å². The minimum Gasteiger partial charge on any atom is -0.309 e. The monoisotopic (exact) mass is 441 g/mol. The van der Waals surface area contributed by atoms with Crippen molar-refractivity contribution in [3.05, 3.63) is 54.1 Å². The van der Waals surface area contributed by atoms with Gasteiger partial charge in [-0.15, -0.1) is 11.3 Å². The average Bonchev–Trinajstić information content (AvgIpc) is 2.70. The van der Waals surface area contributed by atoms with Crippen molar-refractivity contribution in [2.24, 2.45) is 0 Å². The molecule has 1 atom stereocenters. The predicted molar refractivity (Wildman–Crippen MR) is 86.8 cm³/mol. The second-order valence-corrected chi connectivity index (χ2v) is 8.32. The maximum Gasteiger partial charge on any atom is 0.416 e. The zero-order valence-electron chi connectivity index (χ0n) is 11.2. The van der Waals surface area contributed by atoms with Gasteiger partial charge in [0.2, 0.25) is 0 Å². The molecule has 1 N–H and O–H groups in total. The van der Waals surface area contributed by atoms with Crippen molar-refractivity contribution in [3.63, 3.8) is 0 Å². The lowest BCUT2D eigenvalue weighted by Crippen LogP contribution is -2.19. The zero-order valence-corrected chi connectivity index (χ0v) is 15.2. The van der Waals surface area contributed by atoms with Crippen molar-refractivity contribution in [2.45, 2.75) is 19.1 Å². The molecular formula is C14H12Br2F3NS. The first kappa shape index (κ1) is 17.0. The standard InChI is InChI=1S/C14H12Br2F3NS/c1-7-5-8(14(17,18)19)3-4-9(7)12(20-2)10-6-11(15)21-13(10)16/h3-6,12,20H,1-2H3. The van der Waals surface area contributed by atoms with E-state index in [1.54, 1.807) is 14.0 Å². The molecule has 0 aliphatic heterocycles. The fourth-order valence-corrected chi connectivity index (χ4v) is 5.11. The maximum absolute atomic E-state index is 12.7. The number of hydrogen-bond acceptors (Lipinski definition) is 2. The molecule has 1 unspecified atom stereocenters. The number of benzene rings is 1. The molecule has 0 fully saturated rings. The van der Waals surface area contributed by atoms with Crippen LogP contribution in [-0.2, 0) is 6.18 Å². The molecule has 1 heterocycles. The van der Waals surface area contributed by atoms with Crippen molar-refractivity contribution < 1.29 is 13.2 Å². The lowest BCUT2D eigenvalue weighted by molar-refractivity contribution is -0.137. The third-order valence-corrected chi connectivity index (χ3v) is 5.58. The number of aryl methyl sites for hydroxylation is 1. The summed E-state index contributed by atoms with van der Waals surface area (Å²) in [7, 11) is 1.79. The third-order valence-electron chi connectivity index (χ3n) is 3.19. The Bertz CT molecular complexity index is 652. The Morgan fingerprint density at radius 2 is 1.81 bits per heavy atom. The lowest BCUT2D eigenvalue weighted by atomic mass is 9.95. The van der Waals surface area contributed by atoms with Gasteiger partial charge in [0.15, 0.2) is 0 Å². The van der Waals surface area contributed by atoms with E-state index < -0.39 is 11.7 Å². The molecule has 2 rings (SSSR count). The van der Waals surface area contributed by atoms with Crippen molar-refractivity contribution >= 4 is 43.2 Å². The Morgan fingerprint density at radius 3 is 2.24 bits per heavy atom. The van der Waals surface area contributed by atoms with Crippen molar-refractivity contribution in [1.82, 2.24) is 5.32 Å². The normalized spacial score (nSPS) is 13.5. The van der Waals surface area contributed by atoms with Gasteiger partial charge in [0.05, 0.1) is 19.2 Å². The van der Waals surface area contributed by atoms with Gasteiger partial charge in [0.1, 0.15) is 0 Å². The van der Waals surface area contributed by atoms with Crippen LogP contribution in [0, 0.1) is 6.92 Å². The Balaban J connectivity index is 2.46. The first-order valence-electron chi connectivity index (χ1n) is 6.03. The molecule has 0 spiro atoms. The largest absolute Gasteiger partial charge is 0.416 e. The summed E-state index contributed by atoms with van der Waals surface area (Å²) in [5.74, 6) is 0. The fraction of sp³-hybridized carbons (Fsp3) is 0.286. The smallest absolute Gasteiger partial charge is 0.309 e. The minimum absolute atomic E-state index is 0.163. The topological polar surface area (TPSA) is 12.0 Å². The SMILES string of the molecule is CNC(c1ccc(C(F)(F)F)cc1C)c1cc(Br)sc1Br. The van der Waals surface area contributed by atoms with E-state index in [2.05, 4.69) is 37.2 Å². The summed E-state index contributed by atoms with van der Waals surface area (Å²) in [4.78, 5) is 0. The summed E-state index contributed by atoms with van der Waals surface area (Å²) < 4.78 is 40.2. The van der Waals surface area contributed by atoms with Gasteiger partial charge < -0.3 is 5.32 Å². The Kier molecular flexibility index (Phi) is 5.18. The number of nitrogens with one attached hydrogen (secondary N) is 1. The van der Waals surface area contributed by atoms with E-state index in [-0.39, 0.29) is 6.04 Å². The highest BCUT2D eigenvalue weighted by Gasteiger charge is 2.31. The molecule has 0 amide bonds. The molecule has 21 heavy (non-hydrogen) atoms. The molecular weight excluding hydrogens is 431 g/mol. The van der Waals surface area contributed by atoms with E-state index >= 15 is 0 Å². The van der Waals surface area contributed by atoms with Gasteiger partial charge in [-0.3, -0.25) is 0 Å². The molecule has 114 valence electrons. The van der Waals surface area contributed by atoms with Crippen LogP contribution in [0.2, 0.25) is 0 Å². The van der Waals surface area contributed by atoms with Crippen LogP contribution in [0.25, 0.3) is 0 Å². The summed E-state index contributed by atoms with van der Waals surface area (Å²) in [6.07, 6.45) is -4.32. The second-order valence-electron chi connectivity index (χ2n) is 4.57. The van der Waals surface area contributed by atoms with Gasteiger partial charge in [-0.2, -0.15) is 13.2 Å². The van der Waals surface area contributed by atoms with Gasteiger partial charge in [-0.1, -0.05) is 6.07 Å². The predicted octanol–water partition coefficient (Wildman–Crippen LogP) is 5.91. The summed E-state index contributed by atoms with van der Waals surface area (Å²) >= 11 is 8.45. The highest BCUT2D eigenvalue weighted by molar-refractivity contribution is 9.12. The van der Waals surface area contributed by atoms with E-state index in [0.29, 0.717) is 5.56 Å². The second kappa shape index (κ2) is 6.40. The molecule has 1 aromatic carbocycles. The van der Waals surface area contributed by atoms with Crippen LogP contribution in [0.15, 0.2) is 31.8 Å². The third kappa shape index (κ3) is 3.70. The van der Waals surface area contributed by atoms with Crippen LogP contribution < -0.4 is 5.32 Å². The maximum atomic E-state index is 12.7.